The van der Waals surface area contributed by atoms with Crippen molar-refractivity contribution in [2.24, 2.45) is 5.16 Å². The van der Waals surface area contributed by atoms with Crippen molar-refractivity contribution < 1.29 is 37.0 Å². The maximum absolute atomic E-state index is 13.6. The highest BCUT2D eigenvalue weighted by molar-refractivity contribution is 6.05. The highest BCUT2D eigenvalue weighted by Gasteiger charge is 2.31. The molecule has 158 valence electrons. The summed E-state index contributed by atoms with van der Waals surface area (Å²) in [5, 5.41) is 13.6. The summed E-state index contributed by atoms with van der Waals surface area (Å²) in [7, 11) is 0. The summed E-state index contributed by atoms with van der Waals surface area (Å²) in [5.74, 6) is -2.27. The van der Waals surface area contributed by atoms with Gasteiger partial charge in [0, 0.05) is 22.7 Å². The molecule has 0 spiro atoms. The SMILES string of the molecule is CCON=C(Cn1cc(C(=O)O)c2cc(F)ccc21)c1cccc(OC(F)(F)F)c1. The molecule has 0 aliphatic rings. The fourth-order valence-electron chi connectivity index (χ4n) is 2.92. The maximum Gasteiger partial charge on any atom is 0.573 e. The quantitative estimate of drug-likeness (QED) is 0.335. The van der Waals surface area contributed by atoms with Gasteiger partial charge in [-0.05, 0) is 37.3 Å². The van der Waals surface area contributed by atoms with Gasteiger partial charge in [-0.2, -0.15) is 0 Å². The zero-order valence-corrected chi connectivity index (χ0v) is 15.6. The van der Waals surface area contributed by atoms with Crippen molar-refractivity contribution in [3.8, 4) is 5.75 Å². The Morgan fingerprint density at radius 2 is 1.97 bits per heavy atom. The lowest BCUT2D eigenvalue weighted by Crippen LogP contribution is -2.18. The van der Waals surface area contributed by atoms with Crippen LogP contribution in [0.25, 0.3) is 10.9 Å². The second kappa shape index (κ2) is 8.44. The summed E-state index contributed by atoms with van der Waals surface area (Å²) in [6.07, 6.45) is -3.54. The van der Waals surface area contributed by atoms with Crippen LogP contribution in [0.4, 0.5) is 17.6 Å². The van der Waals surface area contributed by atoms with Gasteiger partial charge in [0.25, 0.3) is 0 Å². The van der Waals surface area contributed by atoms with Gasteiger partial charge < -0.3 is 19.2 Å². The summed E-state index contributed by atoms with van der Waals surface area (Å²) < 4.78 is 56.7. The minimum absolute atomic E-state index is 0.0368. The van der Waals surface area contributed by atoms with E-state index in [9.17, 15) is 27.5 Å². The van der Waals surface area contributed by atoms with Crippen molar-refractivity contribution in [3.63, 3.8) is 0 Å². The Kier molecular flexibility index (Phi) is 5.95. The topological polar surface area (TPSA) is 73.1 Å². The van der Waals surface area contributed by atoms with Crippen LogP contribution >= 0.6 is 0 Å². The molecular weight excluding hydrogens is 408 g/mol. The number of carboxylic acid groups (broad SMARTS) is 1. The summed E-state index contributed by atoms with van der Waals surface area (Å²) in [5.41, 5.74) is 0.809. The largest absolute Gasteiger partial charge is 0.573 e. The van der Waals surface area contributed by atoms with E-state index in [2.05, 4.69) is 9.89 Å². The molecule has 0 radical (unpaired) electrons. The molecule has 2 aromatic carbocycles. The number of rotatable bonds is 7. The molecule has 3 aromatic rings. The number of fused-ring (bicyclic) bond motifs is 1. The first-order chi connectivity index (χ1) is 14.2. The highest BCUT2D eigenvalue weighted by Crippen LogP contribution is 2.26. The third-order valence-electron chi connectivity index (χ3n) is 4.10. The van der Waals surface area contributed by atoms with Crippen LogP contribution in [-0.4, -0.2) is 34.3 Å². The van der Waals surface area contributed by atoms with Gasteiger partial charge in [0.1, 0.15) is 23.9 Å². The van der Waals surface area contributed by atoms with E-state index in [-0.39, 0.29) is 35.4 Å². The Labute approximate surface area is 167 Å². The van der Waals surface area contributed by atoms with Crippen molar-refractivity contribution in [2.75, 3.05) is 6.61 Å². The molecule has 3 rings (SSSR count). The van der Waals surface area contributed by atoms with Crippen LogP contribution in [-0.2, 0) is 11.4 Å². The molecule has 0 saturated carbocycles. The molecular formula is C20H16F4N2O4. The number of hydrogen-bond donors (Lipinski definition) is 1. The van der Waals surface area contributed by atoms with Gasteiger partial charge in [-0.15, -0.1) is 13.2 Å². The highest BCUT2D eigenvalue weighted by atomic mass is 19.4. The second-order valence-electron chi connectivity index (χ2n) is 6.17. The number of carbonyl (C=O) groups is 1. The Morgan fingerprint density at radius 3 is 2.63 bits per heavy atom. The normalized spacial score (nSPS) is 12.2. The van der Waals surface area contributed by atoms with Crippen LogP contribution in [0.3, 0.4) is 0 Å². The predicted molar refractivity (Wildman–Crippen MR) is 100 cm³/mol. The Hall–Kier alpha value is -3.56. The van der Waals surface area contributed by atoms with Crippen LogP contribution in [0.15, 0.2) is 53.8 Å². The number of alkyl halides is 3. The molecule has 0 bridgehead atoms. The lowest BCUT2D eigenvalue weighted by molar-refractivity contribution is -0.274. The fourth-order valence-corrected chi connectivity index (χ4v) is 2.92. The minimum atomic E-state index is -4.85. The number of benzene rings is 2. The molecule has 0 saturated heterocycles. The first-order valence-electron chi connectivity index (χ1n) is 8.74. The Balaban J connectivity index is 2.03. The third-order valence-corrected chi connectivity index (χ3v) is 4.10. The van der Waals surface area contributed by atoms with E-state index < -0.39 is 23.9 Å². The molecule has 1 heterocycles. The Bertz CT molecular complexity index is 1110. The van der Waals surface area contributed by atoms with E-state index in [1.54, 1.807) is 6.92 Å². The summed E-state index contributed by atoms with van der Waals surface area (Å²) in [6, 6.07) is 8.88. The maximum atomic E-state index is 13.6. The van der Waals surface area contributed by atoms with Crippen LogP contribution in [0, 0.1) is 5.82 Å². The second-order valence-corrected chi connectivity index (χ2v) is 6.17. The van der Waals surface area contributed by atoms with Crippen molar-refractivity contribution >= 4 is 22.6 Å². The number of hydrogen-bond acceptors (Lipinski definition) is 4. The lowest BCUT2D eigenvalue weighted by Gasteiger charge is -2.12. The van der Waals surface area contributed by atoms with Crippen molar-refractivity contribution in [2.45, 2.75) is 19.8 Å². The minimum Gasteiger partial charge on any atom is -0.478 e. The van der Waals surface area contributed by atoms with Crippen LogP contribution in [0.2, 0.25) is 0 Å². The number of halogens is 4. The monoisotopic (exact) mass is 424 g/mol. The number of oxime groups is 1. The first-order valence-corrected chi connectivity index (χ1v) is 8.74. The van der Waals surface area contributed by atoms with Gasteiger partial charge in [-0.1, -0.05) is 17.3 Å². The standard InChI is InChI=1S/C20H16F4N2O4/c1-2-29-25-17(12-4-3-5-14(8-12)30-20(22,23)24)11-26-10-16(19(27)28)15-9-13(21)6-7-18(15)26/h3-10H,2,11H2,1H3,(H,27,28). The summed E-state index contributed by atoms with van der Waals surface area (Å²) in [4.78, 5) is 16.6. The van der Waals surface area contributed by atoms with Crippen LogP contribution < -0.4 is 4.74 Å². The van der Waals surface area contributed by atoms with Crippen LogP contribution in [0.1, 0.15) is 22.8 Å². The predicted octanol–water partition coefficient (Wildman–Crippen LogP) is 4.82. The van der Waals surface area contributed by atoms with Crippen molar-refractivity contribution in [1.82, 2.24) is 4.57 Å². The number of carboxylic acids is 1. The molecule has 0 unspecified atom stereocenters. The summed E-state index contributed by atoms with van der Waals surface area (Å²) >= 11 is 0. The average molecular weight is 424 g/mol. The molecule has 0 atom stereocenters. The van der Waals surface area contributed by atoms with Gasteiger partial charge in [0.15, 0.2) is 0 Å². The molecule has 30 heavy (non-hydrogen) atoms. The van der Waals surface area contributed by atoms with Gasteiger partial charge >= 0.3 is 12.3 Å². The first kappa shape index (κ1) is 21.2. The number of aromatic nitrogens is 1. The zero-order chi connectivity index (χ0) is 21.9. The van der Waals surface area contributed by atoms with Crippen LogP contribution in [0.5, 0.6) is 5.75 Å². The van der Waals surface area contributed by atoms with Crippen molar-refractivity contribution in [3.05, 3.63) is 65.6 Å². The number of nitrogens with zero attached hydrogens (tertiary/aromatic N) is 2. The number of ether oxygens (including phenoxy) is 1. The van der Waals surface area contributed by atoms with E-state index in [0.717, 1.165) is 18.2 Å². The molecule has 0 aliphatic carbocycles. The number of aromatic carboxylic acids is 1. The molecule has 0 aliphatic heterocycles. The molecule has 0 fully saturated rings. The van der Waals surface area contributed by atoms with E-state index in [1.165, 1.54) is 35.0 Å². The molecule has 6 nitrogen and oxygen atoms in total. The molecule has 0 amide bonds. The van der Waals surface area contributed by atoms with Gasteiger partial charge in [-0.25, -0.2) is 9.18 Å². The van der Waals surface area contributed by atoms with Gasteiger partial charge in [0.2, 0.25) is 0 Å². The van der Waals surface area contributed by atoms with Gasteiger partial charge in [-0.3, -0.25) is 0 Å². The fraction of sp³-hybridized carbons (Fsp3) is 0.200. The van der Waals surface area contributed by atoms with Crippen molar-refractivity contribution in [1.29, 1.82) is 0 Å². The van der Waals surface area contributed by atoms with Gasteiger partial charge in [0.05, 0.1) is 12.1 Å². The zero-order valence-electron chi connectivity index (χ0n) is 15.6. The van der Waals surface area contributed by atoms with E-state index in [1.807, 2.05) is 0 Å². The molecule has 1 N–H and O–H groups in total. The third kappa shape index (κ3) is 4.88. The van der Waals surface area contributed by atoms with E-state index in [0.29, 0.717) is 5.52 Å². The Morgan fingerprint density at radius 1 is 1.20 bits per heavy atom. The molecule has 10 heteroatoms. The summed E-state index contributed by atoms with van der Waals surface area (Å²) in [6.45, 7) is 1.85. The lowest BCUT2D eigenvalue weighted by atomic mass is 10.1. The molecule has 1 aromatic heterocycles. The smallest absolute Gasteiger partial charge is 0.478 e. The van der Waals surface area contributed by atoms with E-state index in [4.69, 9.17) is 4.84 Å². The van der Waals surface area contributed by atoms with E-state index >= 15 is 0 Å². The average Bonchev–Trinajstić information content (AvgIpc) is 3.01.